The Labute approximate surface area is 207 Å². The lowest BCUT2D eigenvalue weighted by Gasteiger charge is -2.28. The Morgan fingerprint density at radius 3 is 2.54 bits per heavy atom. The minimum absolute atomic E-state index is 0.127. The number of benzene rings is 2. The third kappa shape index (κ3) is 5.59. The summed E-state index contributed by atoms with van der Waals surface area (Å²) in [6.45, 7) is 0.591. The molecule has 0 aliphatic carbocycles. The van der Waals surface area contributed by atoms with Crippen molar-refractivity contribution in [2.24, 2.45) is 5.16 Å². The highest BCUT2D eigenvalue weighted by molar-refractivity contribution is 7.12. The largest absolute Gasteiger partial charge is 0.411 e. The Morgan fingerprint density at radius 1 is 1.09 bits per heavy atom. The van der Waals surface area contributed by atoms with E-state index >= 15 is 0 Å². The first-order valence-corrected chi connectivity index (χ1v) is 12.2. The monoisotopic (exact) mass is 493 g/mol. The van der Waals surface area contributed by atoms with Gasteiger partial charge in [0.2, 0.25) is 0 Å². The summed E-state index contributed by atoms with van der Waals surface area (Å²) in [5, 5.41) is 37.2. The molecule has 1 aliphatic rings. The van der Waals surface area contributed by atoms with Crippen molar-refractivity contribution in [1.82, 2.24) is 10.2 Å². The topological polar surface area (TPSA) is 122 Å². The van der Waals surface area contributed by atoms with Gasteiger partial charge in [0.1, 0.15) is 0 Å². The molecule has 4 N–H and O–H groups in total. The van der Waals surface area contributed by atoms with Crippen molar-refractivity contribution in [2.75, 3.05) is 6.54 Å². The van der Waals surface area contributed by atoms with Crippen LogP contribution in [0.4, 0.5) is 0 Å². The van der Waals surface area contributed by atoms with Crippen molar-refractivity contribution in [3.63, 3.8) is 0 Å². The van der Waals surface area contributed by atoms with Gasteiger partial charge in [0, 0.05) is 18.7 Å². The van der Waals surface area contributed by atoms with Gasteiger partial charge in [-0.15, -0.1) is 11.3 Å². The quantitative estimate of drug-likeness (QED) is 0.218. The van der Waals surface area contributed by atoms with E-state index in [1.54, 1.807) is 0 Å². The Hall–Kier alpha value is -3.53. The predicted molar refractivity (Wildman–Crippen MR) is 133 cm³/mol. The maximum Gasteiger partial charge on any atom is 0.255 e. The van der Waals surface area contributed by atoms with Gasteiger partial charge in [-0.2, -0.15) is 0 Å². The van der Waals surface area contributed by atoms with E-state index in [0.29, 0.717) is 6.54 Å². The van der Waals surface area contributed by atoms with Crippen LogP contribution in [0.25, 0.3) is 11.1 Å². The van der Waals surface area contributed by atoms with Gasteiger partial charge in [-0.1, -0.05) is 59.8 Å². The molecule has 0 bridgehead atoms. The van der Waals surface area contributed by atoms with E-state index in [9.17, 15) is 19.8 Å². The Balaban J connectivity index is 1.34. The second-order valence-corrected chi connectivity index (χ2v) is 9.30. The number of aliphatic hydroxyl groups is 2. The lowest BCUT2D eigenvalue weighted by atomic mass is 10.0. The zero-order valence-electron chi connectivity index (χ0n) is 18.9. The lowest BCUT2D eigenvalue weighted by molar-refractivity contribution is -0.153. The summed E-state index contributed by atoms with van der Waals surface area (Å²) in [6.07, 6.45) is -0.778. The molecule has 0 spiro atoms. The number of likely N-dealkylation sites (tertiary alicyclic amines) is 1. The van der Waals surface area contributed by atoms with Crippen LogP contribution >= 0.6 is 11.3 Å². The zero-order chi connectivity index (χ0) is 24.8. The summed E-state index contributed by atoms with van der Waals surface area (Å²) in [7, 11) is 0. The van der Waals surface area contributed by atoms with Gasteiger partial charge in [-0.25, -0.2) is 0 Å². The second-order valence-electron chi connectivity index (χ2n) is 8.35. The number of hydrogen-bond donors (Lipinski definition) is 4. The van der Waals surface area contributed by atoms with Crippen molar-refractivity contribution >= 4 is 29.4 Å². The highest BCUT2D eigenvalue weighted by Gasteiger charge is 2.38. The highest BCUT2D eigenvalue weighted by Crippen LogP contribution is 2.32. The summed E-state index contributed by atoms with van der Waals surface area (Å²) in [4.78, 5) is 27.7. The lowest BCUT2D eigenvalue weighted by Crippen LogP contribution is -2.50. The van der Waals surface area contributed by atoms with Gasteiger partial charge in [-0.05, 0) is 41.0 Å². The Morgan fingerprint density at radius 2 is 1.83 bits per heavy atom. The van der Waals surface area contributed by atoms with Crippen LogP contribution in [0.15, 0.2) is 71.2 Å². The number of thiophene rings is 1. The molecule has 1 aliphatic heterocycles. The van der Waals surface area contributed by atoms with E-state index in [2.05, 4.69) is 10.5 Å². The van der Waals surface area contributed by atoms with Crippen LogP contribution in [0.3, 0.4) is 0 Å². The molecule has 0 saturated carbocycles. The van der Waals surface area contributed by atoms with E-state index in [-0.39, 0.29) is 12.6 Å². The smallest absolute Gasteiger partial charge is 0.255 e. The van der Waals surface area contributed by atoms with Gasteiger partial charge in [0.15, 0.2) is 12.2 Å². The molecule has 0 radical (unpaired) electrons. The van der Waals surface area contributed by atoms with Crippen LogP contribution < -0.4 is 5.32 Å². The average molecular weight is 494 g/mol. The van der Waals surface area contributed by atoms with Gasteiger partial charge < -0.3 is 25.6 Å². The van der Waals surface area contributed by atoms with Crippen LogP contribution in [0.5, 0.6) is 0 Å². The van der Waals surface area contributed by atoms with Crippen molar-refractivity contribution in [3.05, 3.63) is 82.0 Å². The number of nitrogens with zero attached hydrogens (tertiary/aromatic N) is 2. The first-order chi connectivity index (χ1) is 17.0. The Bertz CT molecular complexity index is 1180. The standard InChI is InChI=1S/C26H27N3O5S/c30-23(24(31)26(33)29-13-4-7-21(29)19-5-2-1-3-6-19)25(32)27-15-17-8-10-18(11-9-17)20-12-14-35-22(20)16-28-34/h1-3,5-6,8-12,14,16,21,23-24,30-31,34H,4,7,13,15H2,(H,27,32)/b28-16+/t21-,23-,24-/m1/s1. The third-order valence-corrected chi connectivity index (χ3v) is 6.99. The molecule has 3 aromatic rings. The number of oxime groups is 1. The SMILES string of the molecule is O=C(NCc1ccc(-c2ccsc2/C=N/O)cc1)[C@H](O)[C@@H](O)C(=O)N1CCC[C@@H]1c1ccccc1. The zero-order valence-corrected chi connectivity index (χ0v) is 19.8. The number of carbonyl (C=O) groups excluding carboxylic acids is 2. The number of aliphatic hydroxyl groups excluding tert-OH is 2. The molecule has 8 nitrogen and oxygen atoms in total. The van der Waals surface area contributed by atoms with E-state index in [1.807, 2.05) is 66.0 Å². The summed E-state index contributed by atoms with van der Waals surface area (Å²) in [5.74, 6) is -1.47. The first kappa shape index (κ1) is 24.6. The highest BCUT2D eigenvalue weighted by atomic mass is 32.1. The molecular weight excluding hydrogens is 466 g/mol. The van der Waals surface area contributed by atoms with Crippen molar-refractivity contribution < 1.29 is 25.0 Å². The fraction of sp³-hybridized carbons (Fsp3) is 0.269. The molecular formula is C26H27N3O5S. The van der Waals surface area contributed by atoms with Gasteiger partial charge in [-0.3, -0.25) is 9.59 Å². The fourth-order valence-corrected chi connectivity index (χ4v) is 5.08. The van der Waals surface area contributed by atoms with Crippen LogP contribution in [0.2, 0.25) is 0 Å². The van der Waals surface area contributed by atoms with Crippen LogP contribution in [0, 0.1) is 0 Å². The van der Waals surface area contributed by atoms with Crippen LogP contribution in [0.1, 0.15) is 34.9 Å². The molecule has 2 heterocycles. The molecule has 1 saturated heterocycles. The van der Waals surface area contributed by atoms with Gasteiger partial charge in [0.25, 0.3) is 11.8 Å². The summed E-state index contributed by atoms with van der Waals surface area (Å²) in [6, 6.07) is 18.7. The Kier molecular flexibility index (Phi) is 7.91. The molecule has 1 aromatic heterocycles. The summed E-state index contributed by atoms with van der Waals surface area (Å²) in [5.41, 5.74) is 3.60. The van der Waals surface area contributed by atoms with Crippen molar-refractivity contribution in [2.45, 2.75) is 37.6 Å². The molecule has 2 amide bonds. The summed E-state index contributed by atoms with van der Waals surface area (Å²) >= 11 is 1.45. The predicted octanol–water partition coefficient (Wildman–Crippen LogP) is 2.92. The number of rotatable bonds is 8. The fourth-order valence-electron chi connectivity index (χ4n) is 4.31. The maximum atomic E-state index is 12.9. The molecule has 1 fully saturated rings. The minimum atomic E-state index is -1.87. The average Bonchev–Trinajstić information content (AvgIpc) is 3.57. The van der Waals surface area contributed by atoms with Crippen LogP contribution in [-0.4, -0.2) is 57.1 Å². The third-order valence-electron chi connectivity index (χ3n) is 6.14. The minimum Gasteiger partial charge on any atom is -0.411 e. The molecule has 35 heavy (non-hydrogen) atoms. The first-order valence-electron chi connectivity index (χ1n) is 11.3. The molecule has 9 heteroatoms. The number of hydrogen-bond acceptors (Lipinski definition) is 7. The van der Waals surface area contributed by atoms with E-state index < -0.39 is 24.0 Å². The van der Waals surface area contributed by atoms with Crippen LogP contribution in [-0.2, 0) is 16.1 Å². The normalized spacial score (nSPS) is 17.4. The van der Waals surface area contributed by atoms with E-state index in [1.165, 1.54) is 22.5 Å². The van der Waals surface area contributed by atoms with E-state index in [4.69, 9.17) is 5.21 Å². The van der Waals surface area contributed by atoms with E-state index in [0.717, 1.165) is 40.0 Å². The molecule has 3 atom stereocenters. The second kappa shape index (κ2) is 11.3. The van der Waals surface area contributed by atoms with Gasteiger partial charge >= 0.3 is 0 Å². The number of amides is 2. The molecule has 2 aromatic carbocycles. The molecule has 0 unspecified atom stereocenters. The van der Waals surface area contributed by atoms with Crippen molar-refractivity contribution in [3.8, 4) is 11.1 Å². The van der Waals surface area contributed by atoms with Crippen molar-refractivity contribution in [1.29, 1.82) is 0 Å². The number of carbonyl (C=O) groups is 2. The molecule has 4 rings (SSSR count). The summed E-state index contributed by atoms with van der Waals surface area (Å²) < 4.78 is 0. The molecule has 182 valence electrons. The maximum absolute atomic E-state index is 12.9. The van der Waals surface area contributed by atoms with Gasteiger partial charge in [0.05, 0.1) is 17.1 Å². The number of nitrogens with one attached hydrogen (secondary N) is 1.